The van der Waals surface area contributed by atoms with Crippen LogP contribution in [0.1, 0.15) is 24.5 Å². The summed E-state index contributed by atoms with van der Waals surface area (Å²) in [6, 6.07) is 13.4. The highest BCUT2D eigenvalue weighted by molar-refractivity contribution is 7.99. The second kappa shape index (κ2) is 8.31. The molecule has 154 valence electrons. The Labute approximate surface area is 178 Å². The second-order valence-corrected chi connectivity index (χ2v) is 8.15. The highest BCUT2D eigenvalue weighted by atomic mass is 32.2. The summed E-state index contributed by atoms with van der Waals surface area (Å²) >= 11 is 1.31. The molecule has 0 unspecified atom stereocenters. The normalized spacial score (nSPS) is 11.3. The Morgan fingerprint density at radius 1 is 1.13 bits per heavy atom. The van der Waals surface area contributed by atoms with Crippen molar-refractivity contribution < 1.29 is 4.79 Å². The minimum Gasteiger partial charge on any atom is -0.355 e. The van der Waals surface area contributed by atoms with Gasteiger partial charge in [0.05, 0.1) is 22.3 Å². The van der Waals surface area contributed by atoms with Crippen LogP contribution < -0.4 is 10.9 Å². The molecule has 0 saturated heterocycles. The lowest BCUT2D eigenvalue weighted by molar-refractivity contribution is -0.118. The van der Waals surface area contributed by atoms with Crippen LogP contribution in [0.4, 0.5) is 0 Å². The predicted molar refractivity (Wildman–Crippen MR) is 120 cm³/mol. The first kappa shape index (κ1) is 20.2. The van der Waals surface area contributed by atoms with E-state index in [-0.39, 0.29) is 17.2 Å². The van der Waals surface area contributed by atoms with Crippen LogP contribution in [0.5, 0.6) is 0 Å². The summed E-state index contributed by atoms with van der Waals surface area (Å²) in [4.78, 5) is 25.5. The van der Waals surface area contributed by atoms with Gasteiger partial charge in [-0.1, -0.05) is 43.0 Å². The molecule has 0 radical (unpaired) electrons. The summed E-state index contributed by atoms with van der Waals surface area (Å²) in [6.45, 7) is 6.62. The molecular formula is C22H23N5O2S. The minimum absolute atomic E-state index is 0.0502. The number of nitrogens with one attached hydrogen (secondary N) is 1. The van der Waals surface area contributed by atoms with Gasteiger partial charge in [0.25, 0.3) is 5.56 Å². The zero-order chi connectivity index (χ0) is 21.3. The quantitative estimate of drug-likeness (QED) is 0.483. The number of aromatic nitrogens is 4. The maximum atomic E-state index is 13.4. The molecule has 0 fully saturated rings. The molecule has 0 aliphatic carbocycles. The number of para-hydroxylation sites is 1. The van der Waals surface area contributed by atoms with Crippen molar-refractivity contribution in [3.05, 3.63) is 63.9 Å². The SMILES string of the molecule is CCCNC(=O)CSc1nnc2n(-c3cc(C)ccc3C)c(=O)c3ccccc3n12. The number of thioether (sulfide) groups is 1. The minimum atomic E-state index is -0.142. The van der Waals surface area contributed by atoms with E-state index in [1.807, 2.05) is 61.6 Å². The first-order valence-electron chi connectivity index (χ1n) is 9.87. The molecule has 0 aliphatic rings. The van der Waals surface area contributed by atoms with Gasteiger partial charge in [-0.05, 0) is 49.6 Å². The average Bonchev–Trinajstić information content (AvgIpc) is 3.17. The Balaban J connectivity index is 1.92. The number of hydrogen-bond acceptors (Lipinski definition) is 5. The van der Waals surface area contributed by atoms with Crippen molar-refractivity contribution in [3.63, 3.8) is 0 Å². The molecule has 0 saturated carbocycles. The zero-order valence-corrected chi connectivity index (χ0v) is 18.0. The molecule has 0 aliphatic heterocycles. The molecule has 0 bridgehead atoms. The van der Waals surface area contributed by atoms with Crippen LogP contribution >= 0.6 is 11.8 Å². The smallest absolute Gasteiger partial charge is 0.267 e. The van der Waals surface area contributed by atoms with Crippen molar-refractivity contribution in [2.45, 2.75) is 32.3 Å². The summed E-state index contributed by atoms with van der Waals surface area (Å²) in [5, 5.41) is 12.7. The van der Waals surface area contributed by atoms with E-state index >= 15 is 0 Å². The number of fused-ring (bicyclic) bond motifs is 3. The molecule has 8 heteroatoms. The molecule has 1 amide bonds. The molecule has 1 N–H and O–H groups in total. The number of rotatable bonds is 6. The van der Waals surface area contributed by atoms with Gasteiger partial charge in [-0.3, -0.25) is 14.0 Å². The highest BCUT2D eigenvalue weighted by Gasteiger charge is 2.19. The van der Waals surface area contributed by atoms with Crippen molar-refractivity contribution in [1.82, 2.24) is 24.5 Å². The lowest BCUT2D eigenvalue weighted by Gasteiger charge is -2.14. The first-order valence-corrected chi connectivity index (χ1v) is 10.9. The molecule has 2 heterocycles. The fraction of sp³-hybridized carbons (Fsp3) is 0.273. The van der Waals surface area contributed by atoms with E-state index in [0.717, 1.165) is 28.8 Å². The number of hydrogen-bond donors (Lipinski definition) is 1. The summed E-state index contributed by atoms with van der Waals surface area (Å²) in [7, 11) is 0. The van der Waals surface area contributed by atoms with Gasteiger partial charge in [0.15, 0.2) is 5.16 Å². The van der Waals surface area contributed by atoms with Gasteiger partial charge in [-0.25, -0.2) is 4.57 Å². The highest BCUT2D eigenvalue weighted by Crippen LogP contribution is 2.24. The van der Waals surface area contributed by atoms with E-state index in [9.17, 15) is 9.59 Å². The Bertz CT molecular complexity index is 1310. The summed E-state index contributed by atoms with van der Waals surface area (Å²) < 4.78 is 3.47. The maximum absolute atomic E-state index is 13.4. The fourth-order valence-corrected chi connectivity index (χ4v) is 4.17. The van der Waals surface area contributed by atoms with E-state index in [1.165, 1.54) is 11.8 Å². The summed E-state index contributed by atoms with van der Waals surface area (Å²) in [6.07, 6.45) is 0.886. The van der Waals surface area contributed by atoms with Crippen molar-refractivity contribution in [2.75, 3.05) is 12.3 Å². The maximum Gasteiger partial charge on any atom is 0.267 e. The first-order chi connectivity index (χ1) is 14.5. The van der Waals surface area contributed by atoms with Crippen LogP contribution in [0, 0.1) is 13.8 Å². The van der Waals surface area contributed by atoms with E-state index < -0.39 is 0 Å². The van der Waals surface area contributed by atoms with Gasteiger partial charge in [0.1, 0.15) is 0 Å². The zero-order valence-electron chi connectivity index (χ0n) is 17.2. The Hall–Kier alpha value is -3.13. The van der Waals surface area contributed by atoms with Gasteiger partial charge in [0.2, 0.25) is 11.7 Å². The van der Waals surface area contributed by atoms with Crippen LogP contribution in [0.25, 0.3) is 22.4 Å². The Morgan fingerprint density at radius 2 is 1.93 bits per heavy atom. The topological polar surface area (TPSA) is 81.3 Å². The van der Waals surface area contributed by atoms with Gasteiger partial charge in [-0.15, -0.1) is 10.2 Å². The van der Waals surface area contributed by atoms with Crippen molar-refractivity contribution >= 4 is 34.3 Å². The molecule has 0 atom stereocenters. The predicted octanol–water partition coefficient (Wildman–Crippen LogP) is 3.27. The molecule has 7 nitrogen and oxygen atoms in total. The lowest BCUT2D eigenvalue weighted by Crippen LogP contribution is -2.26. The van der Waals surface area contributed by atoms with Crippen LogP contribution in [0.3, 0.4) is 0 Å². The van der Waals surface area contributed by atoms with E-state index in [4.69, 9.17) is 0 Å². The molecule has 4 aromatic rings. The molecule has 30 heavy (non-hydrogen) atoms. The third-order valence-electron chi connectivity index (χ3n) is 4.90. The molecule has 4 rings (SSSR count). The van der Waals surface area contributed by atoms with E-state index in [0.29, 0.717) is 22.9 Å². The van der Waals surface area contributed by atoms with Crippen molar-refractivity contribution in [1.29, 1.82) is 0 Å². The number of benzene rings is 2. The van der Waals surface area contributed by atoms with E-state index in [1.54, 1.807) is 10.6 Å². The molecule has 2 aromatic heterocycles. The third-order valence-corrected chi connectivity index (χ3v) is 5.83. The number of amides is 1. The monoisotopic (exact) mass is 421 g/mol. The number of aryl methyl sites for hydroxylation is 2. The lowest BCUT2D eigenvalue weighted by atomic mass is 10.1. The Kier molecular flexibility index (Phi) is 5.59. The Morgan fingerprint density at radius 3 is 2.73 bits per heavy atom. The number of nitrogens with zero attached hydrogens (tertiary/aromatic N) is 4. The van der Waals surface area contributed by atoms with Crippen LogP contribution in [0.15, 0.2) is 52.4 Å². The number of carbonyl (C=O) groups is 1. The third kappa shape index (κ3) is 3.59. The van der Waals surface area contributed by atoms with Crippen LogP contribution in [0.2, 0.25) is 0 Å². The van der Waals surface area contributed by atoms with Gasteiger partial charge in [0, 0.05) is 6.54 Å². The summed E-state index contributed by atoms with van der Waals surface area (Å²) in [5.41, 5.74) is 3.38. The number of carbonyl (C=O) groups excluding carboxylic acids is 1. The summed E-state index contributed by atoms with van der Waals surface area (Å²) in [5.74, 6) is 0.618. The average molecular weight is 422 g/mol. The van der Waals surface area contributed by atoms with Gasteiger partial charge < -0.3 is 5.32 Å². The molecular weight excluding hydrogens is 398 g/mol. The van der Waals surface area contributed by atoms with Gasteiger partial charge in [-0.2, -0.15) is 0 Å². The van der Waals surface area contributed by atoms with Gasteiger partial charge >= 0.3 is 0 Å². The largest absolute Gasteiger partial charge is 0.355 e. The standard InChI is InChI=1S/C22H23N5O2S/c1-4-11-23-19(28)13-30-22-25-24-21-26(18-12-14(2)9-10-15(18)3)20(29)16-7-5-6-8-17(16)27(21)22/h5-10,12H,4,11,13H2,1-3H3,(H,23,28). The second-order valence-electron chi connectivity index (χ2n) is 7.20. The van der Waals surface area contributed by atoms with Crippen LogP contribution in [-0.2, 0) is 4.79 Å². The van der Waals surface area contributed by atoms with E-state index in [2.05, 4.69) is 15.5 Å². The van der Waals surface area contributed by atoms with Crippen molar-refractivity contribution in [3.8, 4) is 5.69 Å². The molecule has 2 aromatic carbocycles. The van der Waals surface area contributed by atoms with Crippen LogP contribution in [-0.4, -0.2) is 37.4 Å². The fourth-order valence-electron chi connectivity index (χ4n) is 3.40. The molecule has 0 spiro atoms. The van der Waals surface area contributed by atoms with Crippen molar-refractivity contribution in [2.24, 2.45) is 0 Å².